The maximum Gasteiger partial charge on any atom is 0.416 e. The van der Waals surface area contributed by atoms with Crippen LogP contribution in [0.25, 0.3) is 0 Å². The first-order chi connectivity index (χ1) is 9.33. The van der Waals surface area contributed by atoms with Crippen molar-refractivity contribution in [3.63, 3.8) is 0 Å². The summed E-state index contributed by atoms with van der Waals surface area (Å²) in [4.78, 5) is 0. The Morgan fingerprint density at radius 1 is 0.952 bits per heavy atom. The first kappa shape index (κ1) is 16.1. The Morgan fingerprint density at radius 2 is 1.38 bits per heavy atom. The molecule has 1 fully saturated rings. The van der Waals surface area contributed by atoms with Crippen LogP contribution in [0.5, 0.6) is 0 Å². The van der Waals surface area contributed by atoms with Gasteiger partial charge in [0.15, 0.2) is 0 Å². The minimum Gasteiger partial charge on any atom is -0.327 e. The molecule has 118 valence electrons. The summed E-state index contributed by atoms with van der Waals surface area (Å²) in [7, 11) is 0. The van der Waals surface area contributed by atoms with Gasteiger partial charge in [0.1, 0.15) is 0 Å². The summed E-state index contributed by atoms with van der Waals surface area (Å²) in [5.41, 5.74) is 2.76. The first-order valence-corrected chi connectivity index (χ1v) is 6.38. The van der Waals surface area contributed by atoms with E-state index >= 15 is 0 Å². The van der Waals surface area contributed by atoms with E-state index in [9.17, 15) is 26.3 Å². The molecule has 1 aliphatic carbocycles. The Hall–Kier alpha value is -1.24. The van der Waals surface area contributed by atoms with E-state index in [0.29, 0.717) is 6.42 Å². The number of benzene rings is 1. The normalized spacial score (nSPS) is 25.6. The number of hydrogen-bond donors (Lipinski definition) is 1. The molecule has 1 aromatic carbocycles. The standard InChI is InChI=1S/C14H15F6N/c1-12(2)10(6-11(12)21)7-3-8(13(15,16)17)5-9(4-7)14(18,19)20/h3-5,10-11H,6,21H2,1-2H3. The van der Waals surface area contributed by atoms with Crippen LogP contribution in [0.3, 0.4) is 0 Å². The Bertz CT molecular complexity index is 511. The molecule has 1 saturated carbocycles. The second-order valence-electron chi connectivity index (χ2n) is 6.06. The maximum absolute atomic E-state index is 12.8. The van der Waals surface area contributed by atoms with Crippen molar-refractivity contribution >= 4 is 0 Å². The van der Waals surface area contributed by atoms with Crippen LogP contribution in [0.1, 0.15) is 42.9 Å². The lowest BCUT2D eigenvalue weighted by Crippen LogP contribution is -2.52. The van der Waals surface area contributed by atoms with Crippen LogP contribution in [0.2, 0.25) is 0 Å². The highest BCUT2D eigenvalue weighted by Gasteiger charge is 2.48. The van der Waals surface area contributed by atoms with E-state index in [1.165, 1.54) is 0 Å². The fraction of sp³-hybridized carbons (Fsp3) is 0.571. The summed E-state index contributed by atoms with van der Waals surface area (Å²) < 4.78 is 76.8. The van der Waals surface area contributed by atoms with Crippen molar-refractivity contribution in [1.29, 1.82) is 0 Å². The Balaban J connectivity index is 2.52. The summed E-state index contributed by atoms with van der Waals surface area (Å²) in [6, 6.07) is 1.52. The summed E-state index contributed by atoms with van der Waals surface area (Å²) in [5, 5.41) is 0. The maximum atomic E-state index is 12.8. The predicted octanol–water partition coefficient (Wildman–Crippen LogP) is 4.57. The lowest BCUT2D eigenvalue weighted by molar-refractivity contribution is -0.143. The molecule has 1 aromatic rings. The highest BCUT2D eigenvalue weighted by atomic mass is 19.4. The van der Waals surface area contributed by atoms with Crippen LogP contribution in [-0.2, 0) is 12.4 Å². The lowest BCUT2D eigenvalue weighted by Gasteiger charge is -2.51. The molecule has 0 aliphatic heterocycles. The third-order valence-corrected chi connectivity index (χ3v) is 4.36. The summed E-state index contributed by atoms with van der Waals surface area (Å²) in [6.45, 7) is 3.50. The van der Waals surface area contributed by atoms with Crippen molar-refractivity contribution in [2.24, 2.45) is 11.1 Å². The minimum absolute atomic E-state index is 0.0452. The van der Waals surface area contributed by atoms with Crippen molar-refractivity contribution in [3.8, 4) is 0 Å². The van der Waals surface area contributed by atoms with E-state index in [1.54, 1.807) is 13.8 Å². The first-order valence-electron chi connectivity index (χ1n) is 6.38. The molecular weight excluding hydrogens is 296 g/mol. The molecule has 0 spiro atoms. The van der Waals surface area contributed by atoms with Gasteiger partial charge in [-0.15, -0.1) is 0 Å². The van der Waals surface area contributed by atoms with E-state index in [-0.39, 0.29) is 17.7 Å². The largest absolute Gasteiger partial charge is 0.416 e. The number of hydrogen-bond acceptors (Lipinski definition) is 1. The van der Waals surface area contributed by atoms with Gasteiger partial charge >= 0.3 is 12.4 Å². The van der Waals surface area contributed by atoms with Crippen LogP contribution >= 0.6 is 0 Å². The molecule has 2 unspecified atom stereocenters. The predicted molar refractivity (Wildman–Crippen MR) is 65.6 cm³/mol. The van der Waals surface area contributed by atoms with E-state index in [0.717, 1.165) is 12.1 Å². The van der Waals surface area contributed by atoms with Gasteiger partial charge in [-0.3, -0.25) is 0 Å². The minimum atomic E-state index is -4.81. The Labute approximate surface area is 118 Å². The zero-order valence-electron chi connectivity index (χ0n) is 11.4. The molecule has 1 nitrogen and oxygen atoms in total. The second-order valence-corrected chi connectivity index (χ2v) is 6.06. The SMILES string of the molecule is CC1(C)C(N)CC1c1cc(C(F)(F)F)cc(C(F)(F)F)c1. The number of alkyl halides is 6. The summed E-state index contributed by atoms with van der Waals surface area (Å²) in [6.07, 6.45) is -9.25. The fourth-order valence-corrected chi connectivity index (χ4v) is 2.71. The monoisotopic (exact) mass is 311 g/mol. The van der Waals surface area contributed by atoms with Crippen molar-refractivity contribution in [3.05, 3.63) is 34.9 Å². The zero-order valence-corrected chi connectivity index (χ0v) is 11.4. The molecule has 0 heterocycles. The Kier molecular flexibility index (Phi) is 3.56. The average molecular weight is 311 g/mol. The van der Waals surface area contributed by atoms with Gasteiger partial charge in [0.25, 0.3) is 0 Å². The van der Waals surface area contributed by atoms with Crippen molar-refractivity contribution in [2.45, 2.75) is 44.6 Å². The summed E-state index contributed by atoms with van der Waals surface area (Å²) >= 11 is 0. The van der Waals surface area contributed by atoms with Gasteiger partial charge in [-0.2, -0.15) is 26.3 Å². The number of halogens is 6. The quantitative estimate of drug-likeness (QED) is 0.756. The molecular formula is C14H15F6N. The van der Waals surface area contributed by atoms with Crippen molar-refractivity contribution in [2.75, 3.05) is 0 Å². The van der Waals surface area contributed by atoms with Crippen LogP contribution in [0.4, 0.5) is 26.3 Å². The van der Waals surface area contributed by atoms with Gasteiger partial charge < -0.3 is 5.73 Å². The molecule has 0 bridgehead atoms. The van der Waals surface area contributed by atoms with Gasteiger partial charge in [0.05, 0.1) is 11.1 Å². The molecule has 7 heteroatoms. The Morgan fingerprint density at radius 3 is 1.67 bits per heavy atom. The molecule has 0 saturated heterocycles. The van der Waals surface area contributed by atoms with Crippen LogP contribution in [0.15, 0.2) is 18.2 Å². The molecule has 2 rings (SSSR count). The molecule has 1 aliphatic rings. The van der Waals surface area contributed by atoms with Gasteiger partial charge in [-0.25, -0.2) is 0 Å². The van der Waals surface area contributed by atoms with Gasteiger partial charge in [-0.05, 0) is 41.5 Å². The smallest absolute Gasteiger partial charge is 0.327 e. The third-order valence-electron chi connectivity index (χ3n) is 4.36. The highest BCUT2D eigenvalue weighted by molar-refractivity contribution is 5.38. The fourth-order valence-electron chi connectivity index (χ4n) is 2.71. The van der Waals surface area contributed by atoms with Gasteiger partial charge in [0, 0.05) is 6.04 Å². The number of nitrogens with two attached hydrogens (primary N) is 1. The molecule has 21 heavy (non-hydrogen) atoms. The molecule has 2 N–H and O–H groups in total. The molecule has 0 aromatic heterocycles. The topological polar surface area (TPSA) is 26.0 Å². The van der Waals surface area contributed by atoms with E-state index in [1.807, 2.05) is 0 Å². The van der Waals surface area contributed by atoms with E-state index in [4.69, 9.17) is 5.73 Å². The molecule has 0 amide bonds. The molecule has 2 atom stereocenters. The molecule has 0 radical (unpaired) electrons. The van der Waals surface area contributed by atoms with Gasteiger partial charge in [0.2, 0.25) is 0 Å². The van der Waals surface area contributed by atoms with Crippen LogP contribution in [-0.4, -0.2) is 6.04 Å². The van der Waals surface area contributed by atoms with Gasteiger partial charge in [-0.1, -0.05) is 13.8 Å². The third kappa shape index (κ3) is 2.88. The zero-order chi connectivity index (χ0) is 16.2. The van der Waals surface area contributed by atoms with Crippen molar-refractivity contribution < 1.29 is 26.3 Å². The number of rotatable bonds is 1. The lowest BCUT2D eigenvalue weighted by atomic mass is 9.56. The summed E-state index contributed by atoms with van der Waals surface area (Å²) in [5.74, 6) is -0.407. The van der Waals surface area contributed by atoms with E-state index < -0.39 is 34.8 Å². The average Bonchev–Trinajstić information content (AvgIpc) is 2.33. The second kappa shape index (κ2) is 4.63. The van der Waals surface area contributed by atoms with Crippen LogP contribution in [0, 0.1) is 5.41 Å². The van der Waals surface area contributed by atoms with E-state index in [2.05, 4.69) is 0 Å². The highest BCUT2D eigenvalue weighted by Crippen LogP contribution is 2.52. The van der Waals surface area contributed by atoms with Crippen LogP contribution < -0.4 is 5.73 Å². The van der Waals surface area contributed by atoms with Crippen molar-refractivity contribution in [1.82, 2.24) is 0 Å².